The molecule has 0 aliphatic heterocycles. The van der Waals surface area contributed by atoms with Crippen molar-refractivity contribution in [1.29, 1.82) is 0 Å². The number of hydrogen-bond acceptors (Lipinski definition) is 4. The van der Waals surface area contributed by atoms with E-state index in [1.54, 1.807) is 0 Å². The Balaban J connectivity index is 1.03. The summed E-state index contributed by atoms with van der Waals surface area (Å²) < 4.78 is 5.60. The SMILES string of the molecule is O=C(CC1CC(NC(=O)OCC2c3ccccc3-c3ccccc32)C1)NCC(CC1CC1)C(=O)O. The molecular weight excluding hydrogens is 444 g/mol. The summed E-state index contributed by atoms with van der Waals surface area (Å²) in [6.45, 7) is 0.475. The van der Waals surface area contributed by atoms with Crippen molar-refractivity contribution in [1.82, 2.24) is 10.6 Å². The lowest BCUT2D eigenvalue weighted by molar-refractivity contribution is -0.142. The first-order valence-corrected chi connectivity index (χ1v) is 12.6. The highest BCUT2D eigenvalue weighted by Gasteiger charge is 2.34. The number of alkyl carbamates (subject to hydrolysis) is 1. The van der Waals surface area contributed by atoms with Crippen molar-refractivity contribution in [2.75, 3.05) is 13.2 Å². The molecule has 35 heavy (non-hydrogen) atoms. The summed E-state index contributed by atoms with van der Waals surface area (Å²) in [7, 11) is 0. The van der Waals surface area contributed by atoms with Crippen LogP contribution in [0.1, 0.15) is 55.6 Å². The number of rotatable bonds is 10. The normalized spacial score (nSPS) is 21.3. The van der Waals surface area contributed by atoms with Gasteiger partial charge in [-0.25, -0.2) is 4.79 Å². The molecule has 3 aliphatic rings. The zero-order chi connectivity index (χ0) is 24.4. The van der Waals surface area contributed by atoms with Crippen LogP contribution in [0.4, 0.5) is 4.79 Å². The fourth-order valence-corrected chi connectivity index (χ4v) is 5.43. The molecule has 0 bridgehead atoms. The molecule has 2 aromatic carbocycles. The summed E-state index contributed by atoms with van der Waals surface area (Å²) in [4.78, 5) is 36.0. The molecule has 0 aromatic heterocycles. The number of carbonyl (C=O) groups is 3. The molecule has 0 heterocycles. The summed E-state index contributed by atoms with van der Waals surface area (Å²) in [6.07, 6.45) is 4.22. The molecule has 0 saturated heterocycles. The topological polar surface area (TPSA) is 105 Å². The van der Waals surface area contributed by atoms with Crippen LogP contribution in [-0.2, 0) is 14.3 Å². The van der Waals surface area contributed by atoms with Gasteiger partial charge in [0.05, 0.1) is 5.92 Å². The van der Waals surface area contributed by atoms with Crippen molar-refractivity contribution in [2.24, 2.45) is 17.8 Å². The number of aliphatic carboxylic acids is 1. The van der Waals surface area contributed by atoms with Crippen LogP contribution < -0.4 is 10.6 Å². The maximum atomic E-state index is 12.4. The standard InChI is InChI=1S/C28H32N2O5/c31-26(29-15-19(27(32)33)11-17-9-10-17)14-18-12-20(13-18)30-28(34)35-16-25-23-7-3-1-5-21(23)22-6-2-4-8-24(22)25/h1-8,17-20,25H,9-16H2,(H,29,31)(H,30,34)(H,32,33). The first kappa shape index (κ1) is 23.4. The Morgan fingerprint density at radius 1 is 0.943 bits per heavy atom. The number of nitrogens with one attached hydrogen (secondary N) is 2. The Morgan fingerprint density at radius 2 is 1.57 bits per heavy atom. The van der Waals surface area contributed by atoms with Gasteiger partial charge >= 0.3 is 12.1 Å². The van der Waals surface area contributed by atoms with Crippen molar-refractivity contribution in [3.05, 3.63) is 59.7 Å². The minimum absolute atomic E-state index is 0.00471. The van der Waals surface area contributed by atoms with Gasteiger partial charge in [0.1, 0.15) is 6.61 Å². The van der Waals surface area contributed by atoms with Crippen LogP contribution in [0, 0.1) is 17.8 Å². The van der Waals surface area contributed by atoms with E-state index >= 15 is 0 Å². The van der Waals surface area contributed by atoms with Gasteiger partial charge in [0.2, 0.25) is 5.91 Å². The number of benzene rings is 2. The second kappa shape index (κ2) is 10.1. The molecule has 2 saturated carbocycles. The van der Waals surface area contributed by atoms with Gasteiger partial charge in [-0.1, -0.05) is 61.4 Å². The number of carbonyl (C=O) groups excluding carboxylic acids is 2. The van der Waals surface area contributed by atoms with Crippen molar-refractivity contribution >= 4 is 18.0 Å². The first-order chi connectivity index (χ1) is 17.0. The Hall–Kier alpha value is -3.35. The smallest absolute Gasteiger partial charge is 0.407 e. The number of hydrogen-bond donors (Lipinski definition) is 3. The second-order valence-corrected chi connectivity index (χ2v) is 10.2. The van der Waals surface area contributed by atoms with E-state index in [-0.39, 0.29) is 36.9 Å². The number of ether oxygens (including phenoxy) is 1. The maximum Gasteiger partial charge on any atom is 0.407 e. The number of carboxylic acid groups (broad SMARTS) is 1. The number of carboxylic acids is 1. The fraction of sp³-hybridized carbons (Fsp3) is 0.464. The number of amides is 2. The van der Waals surface area contributed by atoms with Crippen molar-refractivity contribution in [3.8, 4) is 11.1 Å². The van der Waals surface area contributed by atoms with Crippen LogP contribution in [0.5, 0.6) is 0 Å². The lowest BCUT2D eigenvalue weighted by Crippen LogP contribution is -2.46. The van der Waals surface area contributed by atoms with Gasteiger partial charge in [0, 0.05) is 24.9 Å². The Morgan fingerprint density at radius 3 is 2.17 bits per heavy atom. The quantitative estimate of drug-likeness (QED) is 0.474. The van der Waals surface area contributed by atoms with Gasteiger partial charge < -0.3 is 20.5 Å². The van der Waals surface area contributed by atoms with Gasteiger partial charge in [0.25, 0.3) is 0 Å². The minimum atomic E-state index is -0.840. The van der Waals surface area contributed by atoms with E-state index in [9.17, 15) is 19.5 Å². The zero-order valence-electron chi connectivity index (χ0n) is 19.7. The highest BCUT2D eigenvalue weighted by molar-refractivity contribution is 5.79. The molecule has 7 nitrogen and oxygen atoms in total. The summed E-state index contributed by atoms with van der Waals surface area (Å²) in [5, 5.41) is 15.0. The average molecular weight is 477 g/mol. The van der Waals surface area contributed by atoms with Crippen LogP contribution in [0.3, 0.4) is 0 Å². The summed E-state index contributed by atoms with van der Waals surface area (Å²) in [6, 6.07) is 16.5. The summed E-state index contributed by atoms with van der Waals surface area (Å²) in [5.74, 6) is -0.730. The molecule has 0 radical (unpaired) electrons. The third-order valence-corrected chi connectivity index (χ3v) is 7.59. The van der Waals surface area contributed by atoms with Gasteiger partial charge in [-0.05, 0) is 53.4 Å². The fourth-order valence-electron chi connectivity index (χ4n) is 5.43. The zero-order valence-corrected chi connectivity index (χ0v) is 19.7. The van der Waals surface area contributed by atoms with Crippen LogP contribution in [0.25, 0.3) is 11.1 Å². The molecule has 1 unspecified atom stereocenters. The van der Waals surface area contributed by atoms with Crippen molar-refractivity contribution in [2.45, 2.75) is 50.5 Å². The van der Waals surface area contributed by atoms with E-state index in [2.05, 4.69) is 34.9 Å². The van der Waals surface area contributed by atoms with E-state index in [1.807, 2.05) is 24.3 Å². The molecule has 5 rings (SSSR count). The Bertz CT molecular complexity index is 1060. The van der Waals surface area contributed by atoms with Gasteiger partial charge in [-0.2, -0.15) is 0 Å². The maximum absolute atomic E-state index is 12.4. The van der Waals surface area contributed by atoms with Crippen LogP contribution >= 0.6 is 0 Å². The van der Waals surface area contributed by atoms with Crippen LogP contribution in [0.15, 0.2) is 48.5 Å². The largest absolute Gasteiger partial charge is 0.481 e. The number of fused-ring (bicyclic) bond motifs is 3. The Kier molecular flexibility index (Phi) is 6.75. The average Bonchev–Trinajstić information content (AvgIpc) is 3.59. The molecule has 3 N–H and O–H groups in total. The van der Waals surface area contributed by atoms with E-state index in [4.69, 9.17) is 4.74 Å². The van der Waals surface area contributed by atoms with Crippen molar-refractivity contribution in [3.63, 3.8) is 0 Å². The molecular formula is C28H32N2O5. The summed E-state index contributed by atoms with van der Waals surface area (Å²) in [5.41, 5.74) is 4.75. The molecule has 2 amide bonds. The van der Waals surface area contributed by atoms with E-state index in [1.165, 1.54) is 22.3 Å². The van der Waals surface area contributed by atoms with E-state index in [0.29, 0.717) is 18.8 Å². The van der Waals surface area contributed by atoms with Crippen LogP contribution in [-0.4, -0.2) is 42.3 Å². The van der Waals surface area contributed by atoms with E-state index < -0.39 is 18.0 Å². The van der Waals surface area contributed by atoms with Crippen LogP contribution in [0.2, 0.25) is 0 Å². The van der Waals surface area contributed by atoms with Gasteiger partial charge in [-0.3, -0.25) is 9.59 Å². The predicted octanol–water partition coefficient (Wildman–Crippen LogP) is 4.31. The first-order valence-electron chi connectivity index (χ1n) is 12.6. The molecule has 2 fully saturated rings. The van der Waals surface area contributed by atoms with Crippen molar-refractivity contribution < 1.29 is 24.2 Å². The Labute approximate surface area is 205 Å². The lowest BCUT2D eigenvalue weighted by Gasteiger charge is -2.35. The third-order valence-electron chi connectivity index (χ3n) is 7.59. The molecule has 1 atom stereocenters. The molecule has 184 valence electrons. The molecule has 2 aromatic rings. The predicted molar refractivity (Wildman–Crippen MR) is 131 cm³/mol. The lowest BCUT2D eigenvalue weighted by atomic mass is 9.78. The molecule has 7 heteroatoms. The van der Waals surface area contributed by atoms with Gasteiger partial charge in [0.15, 0.2) is 0 Å². The highest BCUT2D eigenvalue weighted by atomic mass is 16.5. The monoisotopic (exact) mass is 476 g/mol. The molecule has 3 aliphatic carbocycles. The second-order valence-electron chi connectivity index (χ2n) is 10.2. The molecule has 0 spiro atoms. The minimum Gasteiger partial charge on any atom is -0.481 e. The highest BCUT2D eigenvalue weighted by Crippen LogP contribution is 2.44. The third kappa shape index (κ3) is 5.50. The summed E-state index contributed by atoms with van der Waals surface area (Å²) >= 11 is 0. The van der Waals surface area contributed by atoms with Gasteiger partial charge in [-0.15, -0.1) is 0 Å². The van der Waals surface area contributed by atoms with E-state index in [0.717, 1.165) is 25.7 Å².